The van der Waals surface area contributed by atoms with Crippen molar-refractivity contribution in [3.63, 3.8) is 0 Å². The van der Waals surface area contributed by atoms with Crippen LogP contribution in [0, 0.1) is 0 Å². The second-order valence-corrected chi connectivity index (χ2v) is 9.18. The second kappa shape index (κ2) is 8.22. The third-order valence-electron chi connectivity index (χ3n) is 4.31. The number of benzene rings is 1. The molecule has 0 spiro atoms. The highest BCUT2D eigenvalue weighted by Crippen LogP contribution is 2.21. The van der Waals surface area contributed by atoms with Crippen molar-refractivity contribution in [1.29, 1.82) is 0 Å². The van der Waals surface area contributed by atoms with Crippen molar-refractivity contribution in [2.75, 3.05) is 30.0 Å². The van der Waals surface area contributed by atoms with Gasteiger partial charge in [0.15, 0.2) is 5.69 Å². The largest absolute Gasteiger partial charge is 0.343 e. The van der Waals surface area contributed by atoms with Gasteiger partial charge in [0.25, 0.3) is 5.91 Å². The molecule has 144 valence electrons. The first kappa shape index (κ1) is 19.6. The van der Waals surface area contributed by atoms with Gasteiger partial charge in [0.1, 0.15) is 9.84 Å². The minimum Gasteiger partial charge on any atom is -0.343 e. The zero-order valence-corrected chi connectivity index (χ0v) is 16.5. The molecular formula is C18H21ClN4O3S. The van der Waals surface area contributed by atoms with E-state index in [2.05, 4.69) is 15.3 Å². The van der Waals surface area contributed by atoms with Crippen molar-refractivity contribution in [3.8, 4) is 0 Å². The molecular weight excluding hydrogens is 388 g/mol. The topological polar surface area (TPSA) is 92.3 Å². The van der Waals surface area contributed by atoms with Crippen LogP contribution in [0.2, 0.25) is 5.02 Å². The molecule has 2 aromatic rings. The first-order valence-corrected chi connectivity index (χ1v) is 11.1. The Balaban J connectivity index is 1.86. The quantitative estimate of drug-likeness (QED) is 0.788. The van der Waals surface area contributed by atoms with Crippen molar-refractivity contribution in [2.24, 2.45) is 0 Å². The van der Waals surface area contributed by atoms with E-state index in [9.17, 15) is 13.2 Å². The summed E-state index contributed by atoms with van der Waals surface area (Å²) in [6.45, 7) is 1.67. The van der Waals surface area contributed by atoms with Gasteiger partial charge in [0.05, 0.1) is 23.0 Å². The van der Waals surface area contributed by atoms with Crippen molar-refractivity contribution >= 4 is 33.3 Å². The molecule has 3 rings (SSSR count). The number of halogens is 1. The summed E-state index contributed by atoms with van der Waals surface area (Å²) >= 11 is 6.14. The third kappa shape index (κ3) is 5.17. The van der Waals surface area contributed by atoms with E-state index in [-0.39, 0.29) is 16.5 Å². The first-order valence-electron chi connectivity index (χ1n) is 8.64. The van der Waals surface area contributed by atoms with Crippen LogP contribution in [-0.4, -0.2) is 49.4 Å². The Morgan fingerprint density at radius 1 is 1.26 bits per heavy atom. The van der Waals surface area contributed by atoms with Gasteiger partial charge < -0.3 is 10.2 Å². The summed E-state index contributed by atoms with van der Waals surface area (Å²) < 4.78 is 23.6. The molecule has 1 saturated heterocycles. The Kier molecular flexibility index (Phi) is 5.96. The van der Waals surface area contributed by atoms with Gasteiger partial charge in [0.2, 0.25) is 5.95 Å². The number of nitrogens with one attached hydrogen (secondary N) is 1. The van der Waals surface area contributed by atoms with Crippen LogP contribution in [0.1, 0.15) is 34.9 Å². The summed E-state index contributed by atoms with van der Waals surface area (Å²) in [4.78, 5) is 23.3. The van der Waals surface area contributed by atoms with Gasteiger partial charge in [-0.25, -0.2) is 18.4 Å². The molecule has 2 heterocycles. The normalized spacial score (nSPS) is 15.6. The van der Waals surface area contributed by atoms with Crippen LogP contribution in [0.4, 0.5) is 5.95 Å². The predicted molar refractivity (Wildman–Crippen MR) is 105 cm³/mol. The molecule has 1 atom stereocenters. The first-order chi connectivity index (χ1) is 12.8. The molecule has 1 fully saturated rings. The molecule has 1 aromatic heterocycles. The fraction of sp³-hybridized carbons (Fsp3) is 0.389. The SMILES string of the molecule is CS(=O)(=O)C[C@H](NC(=O)c1nc(N2CCCC2)ncc1Cl)c1ccccc1. The molecule has 0 saturated carbocycles. The Morgan fingerprint density at radius 2 is 1.93 bits per heavy atom. The molecule has 9 heteroatoms. The molecule has 1 aromatic carbocycles. The van der Waals surface area contributed by atoms with E-state index in [1.165, 1.54) is 6.20 Å². The average Bonchev–Trinajstić information content (AvgIpc) is 3.16. The van der Waals surface area contributed by atoms with Gasteiger partial charge in [0, 0.05) is 19.3 Å². The van der Waals surface area contributed by atoms with Crippen LogP contribution in [0.25, 0.3) is 0 Å². The lowest BCUT2D eigenvalue weighted by Crippen LogP contribution is -2.34. The molecule has 7 nitrogen and oxygen atoms in total. The number of amides is 1. The van der Waals surface area contributed by atoms with E-state index in [0.29, 0.717) is 11.5 Å². The monoisotopic (exact) mass is 408 g/mol. The summed E-state index contributed by atoms with van der Waals surface area (Å²) in [6.07, 6.45) is 4.65. The van der Waals surface area contributed by atoms with Gasteiger partial charge in [-0.1, -0.05) is 41.9 Å². The summed E-state index contributed by atoms with van der Waals surface area (Å²) in [5.41, 5.74) is 0.740. The number of hydrogen-bond acceptors (Lipinski definition) is 6. The van der Waals surface area contributed by atoms with Crippen molar-refractivity contribution in [1.82, 2.24) is 15.3 Å². The molecule has 1 amide bonds. The van der Waals surface area contributed by atoms with Gasteiger partial charge in [-0.2, -0.15) is 0 Å². The van der Waals surface area contributed by atoms with Crippen molar-refractivity contribution in [3.05, 3.63) is 52.8 Å². The lowest BCUT2D eigenvalue weighted by atomic mass is 10.1. The zero-order chi connectivity index (χ0) is 19.4. The van der Waals surface area contributed by atoms with Crippen LogP contribution in [0.15, 0.2) is 36.5 Å². The summed E-state index contributed by atoms with van der Waals surface area (Å²) in [5, 5.41) is 2.88. The molecule has 1 aliphatic heterocycles. The van der Waals surface area contributed by atoms with Crippen LogP contribution in [0.5, 0.6) is 0 Å². The van der Waals surface area contributed by atoms with Crippen LogP contribution >= 0.6 is 11.6 Å². The Hall–Kier alpha value is -2.19. The fourth-order valence-electron chi connectivity index (χ4n) is 3.02. The highest BCUT2D eigenvalue weighted by molar-refractivity contribution is 7.90. The van der Waals surface area contributed by atoms with Crippen LogP contribution in [-0.2, 0) is 9.84 Å². The smallest absolute Gasteiger partial charge is 0.272 e. The molecule has 1 aliphatic rings. The zero-order valence-electron chi connectivity index (χ0n) is 14.9. The molecule has 0 unspecified atom stereocenters. The van der Waals surface area contributed by atoms with Crippen LogP contribution in [0.3, 0.4) is 0 Å². The fourth-order valence-corrected chi connectivity index (χ4v) is 4.08. The van der Waals surface area contributed by atoms with Gasteiger partial charge >= 0.3 is 0 Å². The van der Waals surface area contributed by atoms with Gasteiger partial charge in [-0.3, -0.25) is 4.79 Å². The lowest BCUT2D eigenvalue weighted by Gasteiger charge is -2.20. The number of hydrogen-bond donors (Lipinski definition) is 1. The van der Waals surface area contributed by atoms with E-state index in [0.717, 1.165) is 32.2 Å². The minimum absolute atomic E-state index is 0.0444. The molecule has 27 heavy (non-hydrogen) atoms. The standard InChI is InChI=1S/C18H21ClN4O3S/c1-27(25,26)12-15(13-7-3-2-4-8-13)21-17(24)16-14(19)11-20-18(22-16)23-9-5-6-10-23/h2-4,7-8,11,15H,5-6,9-10,12H2,1H3,(H,21,24)/t15-/m0/s1. The molecule has 0 radical (unpaired) electrons. The summed E-state index contributed by atoms with van der Waals surface area (Å²) in [7, 11) is -3.32. The Labute approximate surface area is 163 Å². The van der Waals surface area contributed by atoms with E-state index >= 15 is 0 Å². The maximum Gasteiger partial charge on any atom is 0.272 e. The number of carbonyl (C=O) groups is 1. The predicted octanol–water partition coefficient (Wildman–Crippen LogP) is 2.25. The summed E-state index contributed by atoms with van der Waals surface area (Å²) in [5.74, 6) is -0.286. The molecule has 0 aliphatic carbocycles. The highest BCUT2D eigenvalue weighted by Gasteiger charge is 2.24. The van der Waals surface area contributed by atoms with E-state index in [1.54, 1.807) is 24.3 Å². The van der Waals surface area contributed by atoms with E-state index in [4.69, 9.17) is 11.6 Å². The minimum atomic E-state index is -3.32. The average molecular weight is 409 g/mol. The van der Waals surface area contributed by atoms with Gasteiger partial charge in [-0.15, -0.1) is 0 Å². The molecule has 1 N–H and O–H groups in total. The maximum atomic E-state index is 12.8. The Morgan fingerprint density at radius 3 is 2.56 bits per heavy atom. The second-order valence-electron chi connectivity index (χ2n) is 6.59. The van der Waals surface area contributed by atoms with Crippen molar-refractivity contribution in [2.45, 2.75) is 18.9 Å². The van der Waals surface area contributed by atoms with Crippen molar-refractivity contribution < 1.29 is 13.2 Å². The van der Waals surface area contributed by atoms with Gasteiger partial charge in [-0.05, 0) is 18.4 Å². The highest BCUT2D eigenvalue weighted by atomic mass is 35.5. The lowest BCUT2D eigenvalue weighted by molar-refractivity contribution is 0.0935. The number of anilines is 1. The molecule has 0 bridgehead atoms. The maximum absolute atomic E-state index is 12.8. The Bertz CT molecular complexity index is 915. The third-order valence-corrected chi connectivity index (χ3v) is 5.53. The van der Waals surface area contributed by atoms with E-state index in [1.807, 2.05) is 11.0 Å². The van der Waals surface area contributed by atoms with E-state index < -0.39 is 21.8 Å². The number of nitrogens with zero attached hydrogens (tertiary/aromatic N) is 3. The number of carbonyl (C=O) groups excluding carboxylic acids is 1. The number of aromatic nitrogens is 2. The summed E-state index contributed by atoms with van der Waals surface area (Å²) in [6, 6.07) is 8.25. The number of sulfone groups is 1. The number of rotatable bonds is 6. The van der Waals surface area contributed by atoms with Crippen LogP contribution < -0.4 is 10.2 Å².